The van der Waals surface area contributed by atoms with Crippen LogP contribution in [0.15, 0.2) is 30.3 Å². The summed E-state index contributed by atoms with van der Waals surface area (Å²) in [4.78, 5) is -0.283. The Kier molecular flexibility index (Phi) is 2.81. The van der Waals surface area contributed by atoms with Crippen molar-refractivity contribution in [2.75, 3.05) is 12.4 Å². The van der Waals surface area contributed by atoms with E-state index in [0.29, 0.717) is 0 Å². The highest BCUT2D eigenvalue weighted by Crippen LogP contribution is 2.44. The number of aliphatic hydroxyl groups excluding tert-OH is 1. The summed E-state index contributed by atoms with van der Waals surface area (Å²) in [6.07, 6.45) is -0.0230. The highest BCUT2D eigenvalue weighted by molar-refractivity contribution is 8.00. The molecule has 0 aliphatic carbocycles. The van der Waals surface area contributed by atoms with Crippen LogP contribution in [0.4, 0.5) is 0 Å². The van der Waals surface area contributed by atoms with Gasteiger partial charge in [0.25, 0.3) is 0 Å². The number of rotatable bonds is 2. The van der Waals surface area contributed by atoms with Crippen molar-refractivity contribution in [1.29, 1.82) is 0 Å². The fourth-order valence-electron chi connectivity index (χ4n) is 1.62. The van der Waals surface area contributed by atoms with E-state index in [1.54, 1.807) is 11.8 Å². The lowest BCUT2D eigenvalue weighted by molar-refractivity contribution is -0.0249. The number of benzene rings is 1. The predicted molar refractivity (Wildman–Crippen MR) is 58.2 cm³/mol. The summed E-state index contributed by atoms with van der Waals surface area (Å²) in [6.45, 7) is 2.16. The average Bonchev–Trinajstić information content (AvgIpc) is 2.63. The molecular formula is C11H14O2S. The number of hydrogen-bond donors (Lipinski definition) is 1. The zero-order valence-electron chi connectivity index (χ0n) is 8.14. The quantitative estimate of drug-likeness (QED) is 0.809. The minimum atomic E-state index is -0.283. The van der Waals surface area contributed by atoms with E-state index in [2.05, 4.69) is 19.1 Å². The predicted octanol–water partition coefficient (Wildman–Crippen LogP) is 1.98. The standard InChI is InChI=1S/C11H14O2S/c1-11(9-5-3-2-4-6-9)13-10(7-12)8-14-11/h2-6,10,12H,7-8H2,1H3. The van der Waals surface area contributed by atoms with Gasteiger partial charge in [-0.25, -0.2) is 0 Å². The van der Waals surface area contributed by atoms with E-state index < -0.39 is 0 Å². The van der Waals surface area contributed by atoms with Crippen molar-refractivity contribution in [2.45, 2.75) is 18.0 Å². The zero-order valence-corrected chi connectivity index (χ0v) is 8.96. The van der Waals surface area contributed by atoms with Crippen LogP contribution in [0, 0.1) is 0 Å². The van der Waals surface area contributed by atoms with Gasteiger partial charge in [-0.1, -0.05) is 30.3 Å². The Morgan fingerprint density at radius 1 is 1.50 bits per heavy atom. The normalized spacial score (nSPS) is 32.0. The van der Waals surface area contributed by atoms with Gasteiger partial charge in [0.2, 0.25) is 0 Å². The van der Waals surface area contributed by atoms with Gasteiger partial charge in [0.15, 0.2) is 0 Å². The molecule has 2 nitrogen and oxygen atoms in total. The van der Waals surface area contributed by atoms with Crippen LogP contribution >= 0.6 is 11.8 Å². The first-order valence-electron chi connectivity index (χ1n) is 4.73. The Morgan fingerprint density at radius 2 is 2.21 bits per heavy atom. The topological polar surface area (TPSA) is 29.5 Å². The van der Waals surface area contributed by atoms with E-state index in [1.807, 2.05) is 18.2 Å². The fourth-order valence-corrected chi connectivity index (χ4v) is 2.80. The van der Waals surface area contributed by atoms with Gasteiger partial charge < -0.3 is 9.84 Å². The number of ether oxygens (including phenoxy) is 1. The summed E-state index contributed by atoms with van der Waals surface area (Å²) >= 11 is 1.75. The van der Waals surface area contributed by atoms with Crippen molar-refractivity contribution in [2.24, 2.45) is 0 Å². The van der Waals surface area contributed by atoms with E-state index in [9.17, 15) is 0 Å². The Balaban J connectivity index is 2.19. The van der Waals surface area contributed by atoms with E-state index in [1.165, 1.54) is 5.56 Å². The Morgan fingerprint density at radius 3 is 2.79 bits per heavy atom. The highest BCUT2D eigenvalue weighted by atomic mass is 32.2. The van der Waals surface area contributed by atoms with Crippen LogP contribution < -0.4 is 0 Å². The lowest BCUT2D eigenvalue weighted by Crippen LogP contribution is -2.22. The smallest absolute Gasteiger partial charge is 0.137 e. The molecule has 1 fully saturated rings. The Labute approximate surface area is 88.3 Å². The van der Waals surface area contributed by atoms with Crippen molar-refractivity contribution in [3.8, 4) is 0 Å². The molecule has 1 N–H and O–H groups in total. The maximum Gasteiger partial charge on any atom is 0.137 e. The van der Waals surface area contributed by atoms with Crippen LogP contribution in [-0.4, -0.2) is 23.6 Å². The molecule has 2 rings (SSSR count). The molecular weight excluding hydrogens is 196 g/mol. The summed E-state index contributed by atoms with van der Waals surface area (Å²) in [7, 11) is 0. The molecule has 1 aromatic rings. The van der Waals surface area contributed by atoms with Crippen LogP contribution in [0.5, 0.6) is 0 Å². The van der Waals surface area contributed by atoms with Crippen molar-refractivity contribution in [1.82, 2.24) is 0 Å². The van der Waals surface area contributed by atoms with Gasteiger partial charge in [-0.2, -0.15) is 0 Å². The van der Waals surface area contributed by atoms with Gasteiger partial charge in [0.1, 0.15) is 4.93 Å². The Bertz CT molecular complexity index is 301. The number of aliphatic hydroxyl groups is 1. The second-order valence-corrected chi connectivity index (χ2v) is 4.95. The molecule has 0 bridgehead atoms. The zero-order chi connectivity index (χ0) is 10.0. The third kappa shape index (κ3) is 1.80. The second-order valence-electron chi connectivity index (χ2n) is 3.55. The molecule has 0 radical (unpaired) electrons. The molecule has 0 aromatic heterocycles. The van der Waals surface area contributed by atoms with E-state index in [-0.39, 0.29) is 17.6 Å². The van der Waals surface area contributed by atoms with E-state index in [0.717, 1.165) is 5.75 Å². The van der Waals surface area contributed by atoms with Gasteiger partial charge in [-0.3, -0.25) is 0 Å². The van der Waals surface area contributed by atoms with Crippen LogP contribution in [-0.2, 0) is 9.67 Å². The molecule has 1 saturated heterocycles. The van der Waals surface area contributed by atoms with Gasteiger partial charge in [-0.05, 0) is 12.5 Å². The summed E-state index contributed by atoms with van der Waals surface area (Å²) < 4.78 is 5.80. The molecule has 3 heteroatoms. The molecule has 76 valence electrons. The van der Waals surface area contributed by atoms with E-state index in [4.69, 9.17) is 9.84 Å². The third-order valence-corrected chi connectivity index (χ3v) is 3.86. The number of thioether (sulfide) groups is 1. The summed E-state index contributed by atoms with van der Waals surface area (Å²) in [6, 6.07) is 10.1. The van der Waals surface area contributed by atoms with Crippen LogP contribution in [0.25, 0.3) is 0 Å². The second kappa shape index (κ2) is 3.93. The van der Waals surface area contributed by atoms with Crippen molar-refractivity contribution >= 4 is 11.8 Å². The summed E-state index contributed by atoms with van der Waals surface area (Å²) in [5.74, 6) is 0.863. The van der Waals surface area contributed by atoms with Gasteiger partial charge >= 0.3 is 0 Å². The largest absolute Gasteiger partial charge is 0.394 e. The Hall–Kier alpha value is -0.510. The van der Waals surface area contributed by atoms with Gasteiger partial charge in [-0.15, -0.1) is 11.8 Å². The maximum atomic E-state index is 9.01. The van der Waals surface area contributed by atoms with Crippen molar-refractivity contribution < 1.29 is 9.84 Å². The maximum absolute atomic E-state index is 9.01. The third-order valence-electron chi connectivity index (χ3n) is 2.44. The first kappa shape index (κ1) is 10.0. The molecule has 1 heterocycles. The lowest BCUT2D eigenvalue weighted by Gasteiger charge is -2.23. The van der Waals surface area contributed by atoms with Gasteiger partial charge in [0, 0.05) is 5.75 Å². The summed E-state index contributed by atoms with van der Waals surface area (Å²) in [5, 5.41) is 9.01. The molecule has 0 saturated carbocycles. The number of hydrogen-bond acceptors (Lipinski definition) is 3. The van der Waals surface area contributed by atoms with Gasteiger partial charge in [0.05, 0.1) is 12.7 Å². The molecule has 0 amide bonds. The highest BCUT2D eigenvalue weighted by Gasteiger charge is 2.37. The lowest BCUT2D eigenvalue weighted by atomic mass is 10.1. The SMILES string of the molecule is CC1(c2ccccc2)OC(CO)CS1. The first-order chi connectivity index (χ1) is 6.74. The molecule has 2 atom stereocenters. The molecule has 1 aromatic carbocycles. The van der Waals surface area contributed by atoms with Crippen molar-refractivity contribution in [3.05, 3.63) is 35.9 Å². The van der Waals surface area contributed by atoms with Crippen LogP contribution in [0.2, 0.25) is 0 Å². The molecule has 14 heavy (non-hydrogen) atoms. The minimum Gasteiger partial charge on any atom is -0.394 e. The first-order valence-corrected chi connectivity index (χ1v) is 5.71. The van der Waals surface area contributed by atoms with E-state index >= 15 is 0 Å². The minimum absolute atomic E-state index is 0.0230. The molecule has 2 unspecified atom stereocenters. The van der Waals surface area contributed by atoms with Crippen LogP contribution in [0.3, 0.4) is 0 Å². The molecule has 1 aliphatic rings. The molecule has 0 spiro atoms. The summed E-state index contributed by atoms with van der Waals surface area (Å²) in [5.41, 5.74) is 1.17. The van der Waals surface area contributed by atoms with Crippen molar-refractivity contribution in [3.63, 3.8) is 0 Å². The molecule has 1 aliphatic heterocycles. The fraction of sp³-hybridized carbons (Fsp3) is 0.455. The monoisotopic (exact) mass is 210 g/mol. The average molecular weight is 210 g/mol. The van der Waals surface area contributed by atoms with Crippen LogP contribution in [0.1, 0.15) is 12.5 Å².